The fourth-order valence-corrected chi connectivity index (χ4v) is 4.93. The number of piperazine rings is 1. The summed E-state index contributed by atoms with van der Waals surface area (Å²) >= 11 is 0. The third-order valence-corrected chi connectivity index (χ3v) is 6.48. The highest BCUT2D eigenvalue weighted by Crippen LogP contribution is 2.43. The Morgan fingerprint density at radius 2 is 1.57 bits per heavy atom. The van der Waals surface area contributed by atoms with Gasteiger partial charge in [0.05, 0.1) is 7.11 Å². The zero-order valence-electron chi connectivity index (χ0n) is 17.4. The van der Waals surface area contributed by atoms with Gasteiger partial charge in [0.2, 0.25) is 0 Å². The van der Waals surface area contributed by atoms with Crippen molar-refractivity contribution in [2.24, 2.45) is 0 Å². The highest BCUT2D eigenvalue weighted by Gasteiger charge is 2.50. The fourth-order valence-electron chi connectivity index (χ4n) is 4.93. The summed E-state index contributed by atoms with van der Waals surface area (Å²) in [6.07, 6.45) is 4.37. The summed E-state index contributed by atoms with van der Waals surface area (Å²) in [5, 5.41) is 3.59. The first-order valence-corrected chi connectivity index (χ1v) is 10.7. The largest absolute Gasteiger partial charge is 0.497 e. The van der Waals surface area contributed by atoms with E-state index >= 15 is 0 Å². The van der Waals surface area contributed by atoms with E-state index in [9.17, 15) is 0 Å². The molecule has 0 spiro atoms. The third-order valence-electron chi connectivity index (χ3n) is 6.48. The number of piperidine rings is 1. The number of benzene rings is 3. The summed E-state index contributed by atoms with van der Waals surface area (Å²) in [4.78, 5) is 2.65. The molecule has 2 aliphatic rings. The van der Waals surface area contributed by atoms with Gasteiger partial charge in [0.25, 0.3) is 0 Å². The lowest BCUT2D eigenvalue weighted by Crippen LogP contribution is -2.72. The molecule has 0 aliphatic carbocycles. The second-order valence-electron chi connectivity index (χ2n) is 8.25. The number of hydrogen-bond acceptors (Lipinski definition) is 3. The average molecular weight is 397 g/mol. The van der Waals surface area contributed by atoms with E-state index in [-0.39, 0.29) is 0 Å². The Labute approximate surface area is 179 Å². The maximum Gasteiger partial charge on any atom is 0.119 e. The number of nitrogens with zero attached hydrogens (tertiary/aromatic N) is 1. The molecule has 3 aromatic carbocycles. The second kappa shape index (κ2) is 8.47. The van der Waals surface area contributed by atoms with E-state index in [0.717, 1.165) is 25.4 Å². The molecule has 0 amide bonds. The highest BCUT2D eigenvalue weighted by atomic mass is 16.5. The van der Waals surface area contributed by atoms with E-state index in [1.165, 1.54) is 22.3 Å². The van der Waals surface area contributed by atoms with Crippen molar-refractivity contribution < 1.29 is 4.74 Å². The summed E-state index contributed by atoms with van der Waals surface area (Å²) in [7, 11) is 1.73. The van der Waals surface area contributed by atoms with Crippen LogP contribution in [0.3, 0.4) is 0 Å². The van der Waals surface area contributed by atoms with Crippen molar-refractivity contribution in [1.82, 2.24) is 10.2 Å². The van der Waals surface area contributed by atoms with Gasteiger partial charge < -0.3 is 10.1 Å². The summed E-state index contributed by atoms with van der Waals surface area (Å²) in [6, 6.07) is 29.2. The summed E-state index contributed by atoms with van der Waals surface area (Å²) in [5.74, 6) is 1.55. The fraction of sp³-hybridized carbons (Fsp3) is 0.259. The molecular weight excluding hydrogens is 368 g/mol. The first kappa shape index (κ1) is 19.1. The summed E-state index contributed by atoms with van der Waals surface area (Å²) < 4.78 is 5.40. The Morgan fingerprint density at radius 3 is 2.27 bits per heavy atom. The Bertz CT molecular complexity index is 1000. The molecule has 3 atom stereocenters. The standard InChI is InChI=1S/C27H28N2O/c1-30-24-9-5-8-22(16-24)19-29-25-17-28-18-26(29)27(25)23-14-12-21(13-15-23)11-10-20-6-3-2-4-7-20/h2-16,25-28H,17-19H2,1H3/t25-,26+,27?. The quantitative estimate of drug-likeness (QED) is 0.606. The van der Waals surface area contributed by atoms with Gasteiger partial charge in [-0.2, -0.15) is 0 Å². The van der Waals surface area contributed by atoms with E-state index in [4.69, 9.17) is 4.74 Å². The van der Waals surface area contributed by atoms with E-state index < -0.39 is 0 Å². The van der Waals surface area contributed by atoms with Gasteiger partial charge in [-0.1, -0.05) is 78.9 Å². The van der Waals surface area contributed by atoms with Gasteiger partial charge >= 0.3 is 0 Å². The van der Waals surface area contributed by atoms with Gasteiger partial charge in [0.1, 0.15) is 5.75 Å². The molecule has 2 fully saturated rings. The Hall–Kier alpha value is -2.88. The molecular formula is C27H28N2O. The second-order valence-corrected chi connectivity index (χ2v) is 8.25. The van der Waals surface area contributed by atoms with Crippen LogP contribution in [0.15, 0.2) is 78.9 Å². The summed E-state index contributed by atoms with van der Waals surface area (Å²) in [5.41, 5.74) is 5.27. The molecule has 0 saturated carbocycles. The van der Waals surface area contributed by atoms with Crippen molar-refractivity contribution in [3.63, 3.8) is 0 Å². The molecule has 3 heteroatoms. The van der Waals surface area contributed by atoms with Crippen LogP contribution >= 0.6 is 0 Å². The lowest BCUT2D eigenvalue weighted by atomic mass is 9.72. The third kappa shape index (κ3) is 3.79. The molecule has 0 aromatic heterocycles. The predicted octanol–water partition coefficient (Wildman–Crippen LogP) is 4.81. The smallest absolute Gasteiger partial charge is 0.119 e. The number of rotatable bonds is 6. The predicted molar refractivity (Wildman–Crippen MR) is 124 cm³/mol. The zero-order valence-corrected chi connectivity index (χ0v) is 17.4. The number of fused-ring (bicyclic) bond motifs is 2. The maximum atomic E-state index is 5.40. The number of hydrogen-bond donors (Lipinski definition) is 1. The van der Waals surface area contributed by atoms with E-state index in [1.54, 1.807) is 7.11 Å². The monoisotopic (exact) mass is 396 g/mol. The Kier molecular flexibility index (Phi) is 5.39. The molecule has 30 heavy (non-hydrogen) atoms. The number of nitrogens with one attached hydrogen (secondary N) is 1. The van der Waals surface area contributed by atoms with Crippen molar-refractivity contribution >= 4 is 12.2 Å². The Morgan fingerprint density at radius 1 is 0.867 bits per heavy atom. The van der Waals surface area contributed by atoms with Crippen LogP contribution in [0.2, 0.25) is 0 Å². The van der Waals surface area contributed by atoms with E-state index in [2.05, 4.69) is 89.1 Å². The van der Waals surface area contributed by atoms with Gasteiger partial charge in [0.15, 0.2) is 0 Å². The molecule has 2 aliphatic heterocycles. The minimum atomic E-state index is 0.556. The first-order chi connectivity index (χ1) is 14.8. The molecule has 3 nitrogen and oxygen atoms in total. The van der Waals surface area contributed by atoms with Crippen LogP contribution in [-0.4, -0.2) is 37.2 Å². The molecule has 1 unspecified atom stereocenters. The summed E-state index contributed by atoms with van der Waals surface area (Å²) in [6.45, 7) is 3.10. The normalized spacial score (nSPS) is 23.3. The van der Waals surface area contributed by atoms with Crippen LogP contribution in [0.4, 0.5) is 0 Å². The molecule has 0 radical (unpaired) electrons. The van der Waals surface area contributed by atoms with Crippen LogP contribution in [-0.2, 0) is 6.54 Å². The van der Waals surface area contributed by atoms with Crippen LogP contribution in [0.25, 0.3) is 12.2 Å². The molecule has 3 aromatic rings. The molecule has 2 bridgehead atoms. The minimum Gasteiger partial charge on any atom is -0.497 e. The van der Waals surface area contributed by atoms with Gasteiger partial charge in [-0.05, 0) is 34.4 Å². The minimum absolute atomic E-state index is 0.556. The van der Waals surface area contributed by atoms with E-state index in [1.807, 2.05) is 12.1 Å². The van der Waals surface area contributed by atoms with Crippen molar-refractivity contribution in [3.05, 3.63) is 101 Å². The topological polar surface area (TPSA) is 24.5 Å². The van der Waals surface area contributed by atoms with Crippen molar-refractivity contribution in [2.75, 3.05) is 20.2 Å². The van der Waals surface area contributed by atoms with Gasteiger partial charge in [-0.25, -0.2) is 0 Å². The SMILES string of the molecule is COc1cccc(CN2[C@@H]3CNC[C@H]2C3c2ccc(C=Cc3ccccc3)cc2)c1. The number of methoxy groups -OCH3 is 1. The molecule has 2 heterocycles. The molecule has 5 rings (SSSR count). The van der Waals surface area contributed by atoms with Crippen molar-refractivity contribution in [1.29, 1.82) is 0 Å². The highest BCUT2D eigenvalue weighted by molar-refractivity contribution is 5.69. The number of ether oxygens (including phenoxy) is 1. The van der Waals surface area contributed by atoms with Crippen LogP contribution in [0.1, 0.15) is 28.2 Å². The van der Waals surface area contributed by atoms with Crippen molar-refractivity contribution in [3.8, 4) is 5.75 Å². The average Bonchev–Trinajstić information content (AvgIpc) is 2.82. The van der Waals surface area contributed by atoms with Crippen LogP contribution in [0.5, 0.6) is 5.75 Å². The lowest BCUT2D eigenvalue weighted by Gasteiger charge is -2.59. The lowest BCUT2D eigenvalue weighted by molar-refractivity contribution is -0.0483. The van der Waals surface area contributed by atoms with E-state index in [0.29, 0.717) is 18.0 Å². The first-order valence-electron chi connectivity index (χ1n) is 10.7. The van der Waals surface area contributed by atoms with Crippen molar-refractivity contribution in [2.45, 2.75) is 24.5 Å². The zero-order chi connectivity index (χ0) is 20.3. The molecule has 2 saturated heterocycles. The van der Waals surface area contributed by atoms with Gasteiger partial charge in [0, 0.05) is 37.6 Å². The van der Waals surface area contributed by atoms with Gasteiger partial charge in [-0.15, -0.1) is 0 Å². The van der Waals surface area contributed by atoms with Crippen LogP contribution in [0, 0.1) is 0 Å². The molecule has 1 N–H and O–H groups in total. The van der Waals surface area contributed by atoms with Crippen LogP contribution < -0.4 is 10.1 Å². The Balaban J connectivity index is 1.28. The molecule has 152 valence electrons. The van der Waals surface area contributed by atoms with Gasteiger partial charge in [-0.3, -0.25) is 4.90 Å². The maximum absolute atomic E-state index is 5.40.